The highest BCUT2D eigenvalue weighted by molar-refractivity contribution is 7.89. The zero-order chi connectivity index (χ0) is 20.0. The summed E-state index contributed by atoms with van der Waals surface area (Å²) < 4.78 is 38.9. The molecule has 0 spiro atoms. The molecule has 1 saturated heterocycles. The molecule has 0 atom stereocenters. The van der Waals surface area contributed by atoms with E-state index in [9.17, 15) is 8.42 Å². The average molecular weight is 404 g/mol. The van der Waals surface area contributed by atoms with Crippen LogP contribution in [0.4, 0.5) is 0 Å². The largest absolute Gasteiger partial charge is 0.490 e. The van der Waals surface area contributed by atoms with Crippen LogP contribution in [0, 0.1) is 5.92 Å². The Balaban J connectivity index is 1.69. The van der Waals surface area contributed by atoms with Crippen molar-refractivity contribution >= 4 is 10.0 Å². The summed E-state index contributed by atoms with van der Waals surface area (Å²) in [4.78, 5) is 0.265. The van der Waals surface area contributed by atoms with E-state index in [0.29, 0.717) is 43.7 Å². The summed E-state index contributed by atoms with van der Waals surface area (Å²) in [6.07, 6.45) is 2.76. The molecule has 0 aromatic heterocycles. The molecule has 0 unspecified atom stereocenters. The Morgan fingerprint density at radius 2 is 1.57 bits per heavy atom. The maximum atomic E-state index is 13.1. The maximum Gasteiger partial charge on any atom is 0.243 e. The highest BCUT2D eigenvalue weighted by Crippen LogP contribution is 2.33. The van der Waals surface area contributed by atoms with E-state index in [0.717, 1.165) is 19.3 Å². The molecule has 0 radical (unpaired) electrons. The van der Waals surface area contributed by atoms with Crippen LogP contribution in [0.2, 0.25) is 0 Å². The fourth-order valence-corrected chi connectivity index (χ4v) is 5.13. The van der Waals surface area contributed by atoms with Crippen molar-refractivity contribution in [2.75, 3.05) is 26.3 Å². The van der Waals surface area contributed by atoms with Crippen molar-refractivity contribution in [3.63, 3.8) is 0 Å². The third-order valence-corrected chi connectivity index (χ3v) is 6.99. The lowest BCUT2D eigenvalue weighted by Gasteiger charge is -2.31. The summed E-state index contributed by atoms with van der Waals surface area (Å²) in [5.74, 6) is 1.57. The molecule has 3 rings (SSSR count). The van der Waals surface area contributed by atoms with Crippen LogP contribution in [-0.4, -0.2) is 39.0 Å². The number of hydrogen-bond donors (Lipinski definition) is 0. The molecule has 1 fully saturated rings. The quantitative estimate of drug-likeness (QED) is 0.665. The molecule has 0 bridgehead atoms. The molecule has 0 amide bonds. The maximum absolute atomic E-state index is 13.1. The summed E-state index contributed by atoms with van der Waals surface area (Å²) in [7, 11) is -3.53. The van der Waals surface area contributed by atoms with Gasteiger partial charge in [-0.1, -0.05) is 30.3 Å². The molecule has 0 saturated carbocycles. The summed E-state index contributed by atoms with van der Waals surface area (Å²) in [6, 6.07) is 15.3. The number of piperidine rings is 1. The highest BCUT2D eigenvalue weighted by atomic mass is 32.2. The number of benzene rings is 2. The first-order valence-electron chi connectivity index (χ1n) is 9.98. The molecule has 28 heavy (non-hydrogen) atoms. The Hall–Kier alpha value is -2.05. The van der Waals surface area contributed by atoms with Crippen molar-refractivity contribution in [3.05, 3.63) is 54.1 Å². The summed E-state index contributed by atoms with van der Waals surface area (Å²) in [6.45, 7) is 5.82. The molecule has 1 heterocycles. The average Bonchev–Trinajstić information content (AvgIpc) is 2.71. The van der Waals surface area contributed by atoms with Crippen molar-refractivity contribution in [2.45, 2.75) is 38.0 Å². The Labute approximate surface area is 168 Å². The highest BCUT2D eigenvalue weighted by Gasteiger charge is 2.30. The Morgan fingerprint density at radius 1 is 0.929 bits per heavy atom. The number of sulfonamides is 1. The predicted molar refractivity (Wildman–Crippen MR) is 110 cm³/mol. The monoisotopic (exact) mass is 403 g/mol. The summed E-state index contributed by atoms with van der Waals surface area (Å²) in [5, 5.41) is 0. The second kappa shape index (κ2) is 9.43. The first-order valence-corrected chi connectivity index (χ1v) is 11.4. The lowest BCUT2D eigenvalue weighted by molar-refractivity contribution is 0.272. The smallest absolute Gasteiger partial charge is 0.243 e. The van der Waals surface area contributed by atoms with Gasteiger partial charge in [0.1, 0.15) is 0 Å². The van der Waals surface area contributed by atoms with Gasteiger partial charge < -0.3 is 9.47 Å². The van der Waals surface area contributed by atoms with Crippen LogP contribution >= 0.6 is 0 Å². The molecule has 6 heteroatoms. The Morgan fingerprint density at radius 3 is 2.21 bits per heavy atom. The van der Waals surface area contributed by atoms with Crippen LogP contribution in [0.5, 0.6) is 11.5 Å². The van der Waals surface area contributed by atoms with E-state index in [1.807, 2.05) is 19.9 Å². The zero-order valence-corrected chi connectivity index (χ0v) is 17.5. The van der Waals surface area contributed by atoms with E-state index in [-0.39, 0.29) is 4.90 Å². The molecule has 152 valence electrons. The fraction of sp³-hybridized carbons (Fsp3) is 0.455. The fourth-order valence-electron chi connectivity index (χ4n) is 3.64. The van der Waals surface area contributed by atoms with E-state index in [1.165, 1.54) is 5.56 Å². The predicted octanol–water partition coefficient (Wildman–Crippen LogP) is 4.13. The van der Waals surface area contributed by atoms with Crippen LogP contribution < -0.4 is 9.47 Å². The SMILES string of the molecule is CCOc1ccc(S(=O)(=O)N2CCC(Cc3ccccc3)CC2)cc1OCC. The van der Waals surface area contributed by atoms with Gasteiger partial charge in [-0.3, -0.25) is 0 Å². The van der Waals surface area contributed by atoms with Crippen molar-refractivity contribution in [1.82, 2.24) is 4.31 Å². The third kappa shape index (κ3) is 4.86. The minimum atomic E-state index is -3.53. The summed E-state index contributed by atoms with van der Waals surface area (Å²) in [5.41, 5.74) is 1.32. The minimum absolute atomic E-state index is 0.265. The van der Waals surface area contributed by atoms with Crippen LogP contribution in [0.1, 0.15) is 32.3 Å². The molecule has 0 N–H and O–H groups in total. The number of rotatable bonds is 8. The minimum Gasteiger partial charge on any atom is -0.490 e. The lowest BCUT2D eigenvalue weighted by Crippen LogP contribution is -2.38. The molecule has 2 aromatic rings. The van der Waals surface area contributed by atoms with Gasteiger partial charge in [-0.2, -0.15) is 4.31 Å². The molecular weight excluding hydrogens is 374 g/mol. The van der Waals surface area contributed by atoms with Gasteiger partial charge in [0, 0.05) is 19.2 Å². The van der Waals surface area contributed by atoms with Gasteiger partial charge in [-0.05, 0) is 56.7 Å². The lowest BCUT2D eigenvalue weighted by atomic mass is 9.91. The zero-order valence-electron chi connectivity index (χ0n) is 16.6. The molecule has 5 nitrogen and oxygen atoms in total. The third-order valence-electron chi connectivity index (χ3n) is 5.09. The van der Waals surface area contributed by atoms with E-state index in [4.69, 9.17) is 9.47 Å². The molecule has 1 aliphatic rings. The van der Waals surface area contributed by atoms with Crippen molar-refractivity contribution < 1.29 is 17.9 Å². The number of ether oxygens (including phenoxy) is 2. The second-order valence-electron chi connectivity index (χ2n) is 7.01. The van der Waals surface area contributed by atoms with Crippen LogP contribution in [-0.2, 0) is 16.4 Å². The Kier molecular flexibility index (Phi) is 6.97. The van der Waals surface area contributed by atoms with Gasteiger partial charge in [0.15, 0.2) is 11.5 Å². The standard InChI is InChI=1S/C22H29NO4S/c1-3-26-21-11-10-20(17-22(21)27-4-2)28(24,25)23-14-12-19(13-15-23)16-18-8-6-5-7-9-18/h5-11,17,19H,3-4,12-16H2,1-2H3. The van der Waals surface area contributed by atoms with Crippen LogP contribution in [0.3, 0.4) is 0 Å². The van der Waals surface area contributed by atoms with E-state index >= 15 is 0 Å². The van der Waals surface area contributed by atoms with E-state index in [2.05, 4.69) is 24.3 Å². The van der Waals surface area contributed by atoms with E-state index in [1.54, 1.807) is 22.5 Å². The normalized spacial score (nSPS) is 16.1. The van der Waals surface area contributed by atoms with Crippen LogP contribution in [0.25, 0.3) is 0 Å². The van der Waals surface area contributed by atoms with E-state index < -0.39 is 10.0 Å². The van der Waals surface area contributed by atoms with Gasteiger partial charge >= 0.3 is 0 Å². The van der Waals surface area contributed by atoms with Gasteiger partial charge in [0.05, 0.1) is 18.1 Å². The van der Waals surface area contributed by atoms with Crippen LogP contribution in [0.15, 0.2) is 53.4 Å². The Bertz CT molecular complexity index is 859. The first-order chi connectivity index (χ1) is 13.5. The summed E-state index contributed by atoms with van der Waals surface area (Å²) >= 11 is 0. The molecule has 1 aliphatic heterocycles. The first kappa shape index (κ1) is 20.7. The topological polar surface area (TPSA) is 55.8 Å². The van der Waals surface area contributed by atoms with Gasteiger partial charge in [0.25, 0.3) is 0 Å². The van der Waals surface area contributed by atoms with Crippen molar-refractivity contribution in [3.8, 4) is 11.5 Å². The van der Waals surface area contributed by atoms with Gasteiger partial charge in [0.2, 0.25) is 10.0 Å². The van der Waals surface area contributed by atoms with Gasteiger partial charge in [-0.15, -0.1) is 0 Å². The number of hydrogen-bond acceptors (Lipinski definition) is 4. The second-order valence-corrected chi connectivity index (χ2v) is 8.95. The van der Waals surface area contributed by atoms with Crippen molar-refractivity contribution in [1.29, 1.82) is 0 Å². The molecule has 2 aromatic carbocycles. The number of nitrogens with zero attached hydrogens (tertiary/aromatic N) is 1. The molecular formula is C22H29NO4S. The molecule has 0 aliphatic carbocycles. The van der Waals surface area contributed by atoms with Gasteiger partial charge in [-0.25, -0.2) is 8.42 Å². The van der Waals surface area contributed by atoms with Crippen molar-refractivity contribution in [2.24, 2.45) is 5.92 Å².